The van der Waals surface area contributed by atoms with Gasteiger partial charge in [-0.05, 0) is 41.7 Å². The van der Waals surface area contributed by atoms with Gasteiger partial charge in [0.1, 0.15) is 22.7 Å². The zero-order valence-electron chi connectivity index (χ0n) is 16.1. The molecule has 0 amide bonds. The molecule has 0 saturated heterocycles. The van der Waals surface area contributed by atoms with Gasteiger partial charge in [-0.25, -0.2) is 13.8 Å². The molecule has 1 heterocycles. The molecule has 3 aromatic rings. The number of hydrogen-bond donors (Lipinski definition) is 2. The number of aromatic nitrogens is 1. The molecule has 0 aliphatic rings. The van der Waals surface area contributed by atoms with Crippen molar-refractivity contribution in [1.82, 2.24) is 10.3 Å². The van der Waals surface area contributed by atoms with E-state index in [1.165, 1.54) is 41.7 Å². The molecule has 29 heavy (non-hydrogen) atoms. The first-order valence-electron chi connectivity index (χ1n) is 9.28. The molecule has 0 fully saturated rings. The van der Waals surface area contributed by atoms with E-state index >= 15 is 0 Å². The number of carbonyl (C=O) groups is 1. The van der Waals surface area contributed by atoms with Gasteiger partial charge in [0.2, 0.25) is 0 Å². The van der Waals surface area contributed by atoms with Crippen LogP contribution in [0.2, 0.25) is 0 Å². The first-order valence-corrected chi connectivity index (χ1v) is 10.2. The maximum atomic E-state index is 14.9. The normalized spacial score (nSPS) is 13.4. The fraction of sp³-hybridized carbons (Fsp3) is 0.273. The largest absolute Gasteiger partial charge is 0.480 e. The van der Waals surface area contributed by atoms with E-state index < -0.39 is 23.9 Å². The summed E-state index contributed by atoms with van der Waals surface area (Å²) in [6.45, 7) is 3.90. The molecule has 0 aliphatic heterocycles. The third-order valence-electron chi connectivity index (χ3n) is 4.55. The third kappa shape index (κ3) is 5.25. The SMILES string of the molecule is CC(C)C[C@H](N[C@@H](c1ccc(-c2ccc(F)cc2)c(F)c1)c1nccs1)C(=O)O. The van der Waals surface area contributed by atoms with Crippen molar-refractivity contribution < 1.29 is 18.7 Å². The van der Waals surface area contributed by atoms with E-state index in [2.05, 4.69) is 10.3 Å². The zero-order valence-corrected chi connectivity index (χ0v) is 16.9. The second-order valence-electron chi connectivity index (χ2n) is 7.24. The van der Waals surface area contributed by atoms with Crippen molar-refractivity contribution >= 4 is 17.3 Å². The van der Waals surface area contributed by atoms with Gasteiger partial charge in [-0.3, -0.25) is 10.1 Å². The van der Waals surface area contributed by atoms with Crippen LogP contribution in [-0.2, 0) is 4.79 Å². The Balaban J connectivity index is 1.95. The number of carboxylic acids is 1. The van der Waals surface area contributed by atoms with Crippen molar-refractivity contribution in [3.8, 4) is 11.1 Å². The zero-order chi connectivity index (χ0) is 21.0. The number of rotatable bonds is 8. The van der Waals surface area contributed by atoms with Crippen molar-refractivity contribution in [3.05, 3.63) is 76.2 Å². The predicted octanol–water partition coefficient (Wildman–Crippen LogP) is 5.27. The van der Waals surface area contributed by atoms with Crippen LogP contribution in [0.1, 0.15) is 36.9 Å². The molecule has 2 atom stereocenters. The quantitative estimate of drug-likeness (QED) is 0.525. The second kappa shape index (κ2) is 9.24. The molecule has 2 aromatic carbocycles. The standard InChI is InChI=1S/C22H22F2N2O2S/c1-13(2)11-19(22(27)28)26-20(21-25-9-10-29-21)15-5-8-17(18(24)12-15)14-3-6-16(23)7-4-14/h3-10,12-13,19-20,26H,11H2,1-2H3,(H,27,28)/t19-,20-/m0/s1. The highest BCUT2D eigenvalue weighted by atomic mass is 32.1. The van der Waals surface area contributed by atoms with Gasteiger partial charge >= 0.3 is 5.97 Å². The molecular weight excluding hydrogens is 394 g/mol. The smallest absolute Gasteiger partial charge is 0.320 e. The Kier molecular flexibility index (Phi) is 6.71. The highest BCUT2D eigenvalue weighted by molar-refractivity contribution is 7.09. The number of nitrogens with zero attached hydrogens (tertiary/aromatic N) is 1. The van der Waals surface area contributed by atoms with Crippen LogP contribution >= 0.6 is 11.3 Å². The highest BCUT2D eigenvalue weighted by Gasteiger charge is 2.26. The van der Waals surface area contributed by atoms with Crippen LogP contribution in [0.15, 0.2) is 54.0 Å². The van der Waals surface area contributed by atoms with E-state index in [0.717, 1.165) is 0 Å². The summed E-state index contributed by atoms with van der Waals surface area (Å²) >= 11 is 1.38. The van der Waals surface area contributed by atoms with Gasteiger partial charge in [-0.15, -0.1) is 11.3 Å². The molecule has 0 bridgehead atoms. The van der Waals surface area contributed by atoms with Crippen molar-refractivity contribution in [2.24, 2.45) is 5.92 Å². The lowest BCUT2D eigenvalue weighted by Gasteiger charge is -2.24. The van der Waals surface area contributed by atoms with E-state index in [0.29, 0.717) is 28.1 Å². The van der Waals surface area contributed by atoms with Crippen molar-refractivity contribution in [2.75, 3.05) is 0 Å². The molecule has 0 spiro atoms. The monoisotopic (exact) mass is 416 g/mol. The molecule has 0 radical (unpaired) electrons. The Labute approximate surface area is 172 Å². The van der Waals surface area contributed by atoms with Gasteiger partial charge in [-0.2, -0.15) is 0 Å². The maximum Gasteiger partial charge on any atom is 0.320 e. The molecule has 0 saturated carbocycles. The van der Waals surface area contributed by atoms with Gasteiger partial charge < -0.3 is 5.11 Å². The Morgan fingerprint density at radius 3 is 2.45 bits per heavy atom. The maximum absolute atomic E-state index is 14.9. The number of thiazole rings is 1. The molecule has 3 rings (SSSR count). The van der Waals surface area contributed by atoms with E-state index in [1.54, 1.807) is 23.7 Å². The summed E-state index contributed by atoms with van der Waals surface area (Å²) in [6, 6.07) is 9.02. The van der Waals surface area contributed by atoms with E-state index in [-0.39, 0.29) is 11.7 Å². The highest BCUT2D eigenvalue weighted by Crippen LogP contribution is 2.30. The molecule has 2 N–H and O–H groups in total. The minimum Gasteiger partial charge on any atom is -0.480 e. The summed E-state index contributed by atoms with van der Waals surface area (Å²) in [6.07, 6.45) is 2.07. The lowest BCUT2D eigenvalue weighted by Crippen LogP contribution is -2.40. The van der Waals surface area contributed by atoms with Crippen LogP contribution in [0.5, 0.6) is 0 Å². The molecule has 152 valence electrons. The number of benzene rings is 2. The van der Waals surface area contributed by atoms with Crippen molar-refractivity contribution in [1.29, 1.82) is 0 Å². The van der Waals surface area contributed by atoms with E-state index in [1.807, 2.05) is 13.8 Å². The predicted molar refractivity (Wildman–Crippen MR) is 110 cm³/mol. The van der Waals surface area contributed by atoms with E-state index in [9.17, 15) is 18.7 Å². The minimum atomic E-state index is -0.955. The number of halogens is 2. The number of hydrogen-bond acceptors (Lipinski definition) is 4. The lowest BCUT2D eigenvalue weighted by atomic mass is 9.98. The van der Waals surface area contributed by atoms with Gasteiger partial charge in [0, 0.05) is 17.1 Å². The van der Waals surface area contributed by atoms with Gasteiger partial charge in [0.05, 0.1) is 6.04 Å². The Bertz CT molecular complexity index is 959. The Morgan fingerprint density at radius 1 is 1.17 bits per heavy atom. The topological polar surface area (TPSA) is 62.2 Å². The molecular formula is C22H22F2N2O2S. The summed E-state index contributed by atoms with van der Waals surface area (Å²) in [5.74, 6) is -1.63. The molecule has 0 unspecified atom stereocenters. The van der Waals surface area contributed by atoms with Gasteiger partial charge in [-0.1, -0.05) is 38.1 Å². The number of nitrogens with one attached hydrogen (secondary N) is 1. The van der Waals surface area contributed by atoms with Crippen molar-refractivity contribution in [3.63, 3.8) is 0 Å². The van der Waals surface area contributed by atoms with Crippen molar-refractivity contribution in [2.45, 2.75) is 32.4 Å². The fourth-order valence-electron chi connectivity index (χ4n) is 3.17. The molecule has 1 aromatic heterocycles. The average molecular weight is 416 g/mol. The van der Waals surface area contributed by atoms with Gasteiger partial charge in [0.15, 0.2) is 0 Å². The molecule has 4 nitrogen and oxygen atoms in total. The number of aliphatic carboxylic acids is 1. The summed E-state index contributed by atoms with van der Waals surface area (Å²) in [5, 5.41) is 15.2. The first kappa shape index (κ1) is 21.1. The lowest BCUT2D eigenvalue weighted by molar-refractivity contribution is -0.140. The van der Waals surface area contributed by atoms with Crippen LogP contribution < -0.4 is 5.32 Å². The molecule has 7 heteroatoms. The third-order valence-corrected chi connectivity index (χ3v) is 5.39. The minimum absolute atomic E-state index is 0.179. The Hall–Kier alpha value is -2.64. The van der Waals surface area contributed by atoms with Crippen LogP contribution in [0, 0.1) is 17.6 Å². The summed E-state index contributed by atoms with van der Waals surface area (Å²) in [5.41, 5.74) is 1.50. The summed E-state index contributed by atoms with van der Waals surface area (Å²) in [4.78, 5) is 16.0. The first-order chi connectivity index (χ1) is 13.8. The van der Waals surface area contributed by atoms with Crippen LogP contribution in [0.25, 0.3) is 11.1 Å². The second-order valence-corrected chi connectivity index (χ2v) is 8.16. The summed E-state index contributed by atoms with van der Waals surface area (Å²) < 4.78 is 28.0. The van der Waals surface area contributed by atoms with Crippen LogP contribution in [-0.4, -0.2) is 22.1 Å². The van der Waals surface area contributed by atoms with Crippen LogP contribution in [0.3, 0.4) is 0 Å². The van der Waals surface area contributed by atoms with Crippen LogP contribution in [0.4, 0.5) is 8.78 Å². The molecule has 0 aliphatic carbocycles. The number of carboxylic acid groups (broad SMARTS) is 1. The van der Waals surface area contributed by atoms with E-state index in [4.69, 9.17) is 0 Å². The van der Waals surface area contributed by atoms with Gasteiger partial charge in [0.25, 0.3) is 0 Å². The Morgan fingerprint density at radius 2 is 1.90 bits per heavy atom. The average Bonchev–Trinajstić information content (AvgIpc) is 3.20. The summed E-state index contributed by atoms with van der Waals surface area (Å²) in [7, 11) is 0. The fourth-order valence-corrected chi connectivity index (χ4v) is 3.90.